The fourth-order valence-corrected chi connectivity index (χ4v) is 7.05. The molecule has 7 nitrogen and oxygen atoms in total. The number of carbonyl (C=O) groups is 1. The fourth-order valence-electron chi connectivity index (χ4n) is 5.16. The minimum Gasteiger partial charge on any atom is -0.481 e. The Kier molecular flexibility index (Phi) is 10.4. The average Bonchev–Trinajstić information content (AvgIpc) is 3.38. The van der Waals surface area contributed by atoms with E-state index >= 15 is 0 Å². The number of hydrogen-bond acceptors (Lipinski definition) is 6. The van der Waals surface area contributed by atoms with Crippen LogP contribution in [0.3, 0.4) is 0 Å². The zero-order chi connectivity index (χ0) is 28.6. The highest BCUT2D eigenvalue weighted by Gasteiger charge is 2.27. The molecule has 1 aromatic heterocycles. The maximum atomic E-state index is 12.0. The Labute approximate surface area is 242 Å². The first-order valence-electron chi connectivity index (χ1n) is 14.2. The summed E-state index contributed by atoms with van der Waals surface area (Å²) >= 11 is 1.50. The van der Waals surface area contributed by atoms with Crippen molar-refractivity contribution in [2.24, 2.45) is 5.41 Å². The molecule has 0 atom stereocenters. The molecule has 3 aromatic rings. The molecule has 1 fully saturated rings. The molecule has 2 aromatic carbocycles. The van der Waals surface area contributed by atoms with E-state index in [4.69, 9.17) is 5.11 Å². The van der Waals surface area contributed by atoms with Crippen molar-refractivity contribution in [2.45, 2.75) is 71.1 Å². The van der Waals surface area contributed by atoms with Gasteiger partial charge in [0.15, 0.2) is 0 Å². The van der Waals surface area contributed by atoms with Crippen LogP contribution in [-0.4, -0.2) is 43.3 Å². The van der Waals surface area contributed by atoms with Crippen LogP contribution in [0.4, 0.5) is 5.69 Å². The highest BCUT2D eigenvalue weighted by atomic mass is 32.2. The van der Waals surface area contributed by atoms with Crippen molar-refractivity contribution in [1.82, 2.24) is 9.71 Å². The van der Waals surface area contributed by atoms with Crippen LogP contribution in [-0.2, 0) is 27.7 Å². The molecule has 1 heterocycles. The smallest absolute Gasteiger partial charge is 0.303 e. The zero-order valence-electron chi connectivity index (χ0n) is 23.5. The maximum absolute atomic E-state index is 12.0. The van der Waals surface area contributed by atoms with E-state index in [9.17, 15) is 13.2 Å². The van der Waals surface area contributed by atoms with Gasteiger partial charge in [0.1, 0.15) is 0 Å². The number of rotatable bonds is 14. The minimum atomic E-state index is -3.48. The Morgan fingerprint density at radius 1 is 1.02 bits per heavy atom. The van der Waals surface area contributed by atoms with Crippen LogP contribution >= 0.6 is 11.3 Å². The number of nitrogens with zero attached hydrogens (tertiary/aromatic N) is 1. The Hall–Kier alpha value is -2.75. The molecule has 1 aliphatic carbocycles. The number of thiazole rings is 1. The van der Waals surface area contributed by atoms with Crippen LogP contribution < -0.4 is 10.0 Å². The summed E-state index contributed by atoms with van der Waals surface area (Å²) in [7, 11) is -3.48. The van der Waals surface area contributed by atoms with Gasteiger partial charge in [-0.2, -0.15) is 0 Å². The summed E-state index contributed by atoms with van der Waals surface area (Å²) in [6.45, 7) is 5.88. The van der Waals surface area contributed by atoms with Gasteiger partial charge in [-0.25, -0.2) is 18.1 Å². The number of carboxylic acids is 1. The second kappa shape index (κ2) is 13.7. The highest BCUT2D eigenvalue weighted by Crippen LogP contribution is 2.42. The van der Waals surface area contributed by atoms with Crippen molar-refractivity contribution in [3.05, 3.63) is 70.0 Å². The van der Waals surface area contributed by atoms with Crippen LogP contribution in [0.25, 0.3) is 11.3 Å². The molecular formula is C31H41N3O4S2. The van der Waals surface area contributed by atoms with Crippen molar-refractivity contribution < 1.29 is 18.3 Å². The van der Waals surface area contributed by atoms with Crippen LogP contribution in [0.5, 0.6) is 0 Å². The standard InChI is InChI=1S/C31H41N3O4S2/c1-31(2)17-13-25(14-18-31)24-7-5-23(6-8-24)15-19-32-27-11-9-26(10-12-27)28-22-39-29(34-28)16-20-33-40(37,38)21-3-4-30(35)36/h5-12,22,25,32-33H,3-4,13-21H2,1-2H3,(H,35,36). The highest BCUT2D eigenvalue weighted by molar-refractivity contribution is 7.89. The third-order valence-electron chi connectivity index (χ3n) is 7.73. The predicted molar refractivity (Wildman–Crippen MR) is 164 cm³/mol. The maximum Gasteiger partial charge on any atom is 0.303 e. The number of carboxylic acid groups (broad SMARTS) is 1. The Morgan fingerprint density at radius 3 is 2.40 bits per heavy atom. The molecule has 1 aliphatic rings. The minimum absolute atomic E-state index is 0.100. The van der Waals surface area contributed by atoms with E-state index in [2.05, 4.69) is 65.3 Å². The number of aliphatic carboxylic acids is 1. The van der Waals surface area contributed by atoms with E-state index in [1.54, 1.807) is 0 Å². The largest absolute Gasteiger partial charge is 0.481 e. The molecule has 1 saturated carbocycles. The monoisotopic (exact) mass is 583 g/mol. The average molecular weight is 584 g/mol. The molecule has 0 radical (unpaired) electrons. The van der Waals surface area contributed by atoms with E-state index in [1.807, 2.05) is 17.5 Å². The summed E-state index contributed by atoms with van der Waals surface area (Å²) < 4.78 is 26.5. The first kappa shape index (κ1) is 30.2. The Balaban J connectivity index is 1.18. The van der Waals surface area contributed by atoms with Gasteiger partial charge in [-0.1, -0.05) is 50.2 Å². The molecule has 0 amide bonds. The van der Waals surface area contributed by atoms with E-state index in [-0.39, 0.29) is 25.1 Å². The molecular weight excluding hydrogens is 542 g/mol. The molecule has 9 heteroatoms. The Bertz CT molecular complexity index is 1340. The molecule has 40 heavy (non-hydrogen) atoms. The van der Waals surface area contributed by atoms with Crippen molar-refractivity contribution in [2.75, 3.05) is 24.2 Å². The Morgan fingerprint density at radius 2 is 1.73 bits per heavy atom. The van der Waals surface area contributed by atoms with Gasteiger partial charge in [-0.15, -0.1) is 11.3 Å². The van der Waals surface area contributed by atoms with Crippen LogP contribution in [0.1, 0.15) is 74.4 Å². The van der Waals surface area contributed by atoms with Crippen molar-refractivity contribution in [3.63, 3.8) is 0 Å². The number of aromatic nitrogens is 1. The quantitative estimate of drug-likeness (QED) is 0.201. The molecule has 0 bridgehead atoms. The van der Waals surface area contributed by atoms with E-state index < -0.39 is 16.0 Å². The number of nitrogens with one attached hydrogen (secondary N) is 2. The summed E-state index contributed by atoms with van der Waals surface area (Å²) in [5.41, 5.74) is 6.30. The first-order chi connectivity index (χ1) is 19.1. The third kappa shape index (κ3) is 9.42. The second-order valence-corrected chi connectivity index (χ2v) is 14.4. The number of hydrogen-bond donors (Lipinski definition) is 3. The van der Waals surface area contributed by atoms with Gasteiger partial charge in [-0.3, -0.25) is 4.79 Å². The molecule has 0 saturated heterocycles. The van der Waals surface area contributed by atoms with Gasteiger partial charge < -0.3 is 10.4 Å². The van der Waals surface area contributed by atoms with Crippen LogP contribution in [0.2, 0.25) is 0 Å². The summed E-state index contributed by atoms with van der Waals surface area (Å²) in [6.07, 6.45) is 6.63. The number of sulfonamides is 1. The first-order valence-corrected chi connectivity index (χ1v) is 16.7. The van der Waals surface area contributed by atoms with Crippen molar-refractivity contribution in [1.29, 1.82) is 0 Å². The third-order valence-corrected chi connectivity index (χ3v) is 10.1. The summed E-state index contributed by atoms with van der Waals surface area (Å²) in [4.78, 5) is 15.2. The number of benzene rings is 2. The van der Waals surface area contributed by atoms with Gasteiger partial charge >= 0.3 is 5.97 Å². The molecule has 4 rings (SSSR count). The van der Waals surface area contributed by atoms with Crippen LogP contribution in [0.15, 0.2) is 53.9 Å². The lowest BCUT2D eigenvalue weighted by Crippen LogP contribution is -2.28. The lowest BCUT2D eigenvalue weighted by atomic mass is 9.71. The molecule has 0 aliphatic heterocycles. The summed E-state index contributed by atoms with van der Waals surface area (Å²) in [5.74, 6) is -0.468. The normalized spacial score (nSPS) is 15.7. The molecule has 216 valence electrons. The van der Waals surface area contributed by atoms with Crippen molar-refractivity contribution >= 4 is 33.0 Å². The second-order valence-electron chi connectivity index (χ2n) is 11.5. The summed E-state index contributed by atoms with van der Waals surface area (Å²) in [6, 6.07) is 17.4. The van der Waals surface area contributed by atoms with Crippen LogP contribution in [0, 0.1) is 5.41 Å². The van der Waals surface area contributed by atoms with Gasteiger partial charge in [-0.05, 0) is 73.1 Å². The lowest BCUT2D eigenvalue weighted by Gasteiger charge is -2.34. The SMILES string of the molecule is CC1(C)CCC(c2ccc(CCNc3ccc(-c4csc(CCNS(=O)(=O)CCCC(=O)O)n4)cc3)cc2)CC1. The van der Waals surface area contributed by atoms with Gasteiger partial charge in [0, 0.05) is 42.6 Å². The predicted octanol–water partition coefficient (Wildman–Crippen LogP) is 6.48. The molecule has 0 unspecified atom stereocenters. The topological polar surface area (TPSA) is 108 Å². The van der Waals surface area contributed by atoms with E-state index in [0.29, 0.717) is 17.8 Å². The van der Waals surface area contributed by atoms with E-state index in [1.165, 1.54) is 48.1 Å². The molecule has 3 N–H and O–H groups in total. The summed E-state index contributed by atoms with van der Waals surface area (Å²) in [5, 5.41) is 15.0. The van der Waals surface area contributed by atoms with Gasteiger partial charge in [0.25, 0.3) is 0 Å². The van der Waals surface area contributed by atoms with Gasteiger partial charge in [0.05, 0.1) is 16.5 Å². The van der Waals surface area contributed by atoms with Gasteiger partial charge in [0.2, 0.25) is 10.0 Å². The number of anilines is 1. The zero-order valence-corrected chi connectivity index (χ0v) is 25.1. The van der Waals surface area contributed by atoms with E-state index in [0.717, 1.165) is 34.9 Å². The fraction of sp³-hybridized carbons (Fsp3) is 0.484. The van der Waals surface area contributed by atoms with Crippen molar-refractivity contribution in [3.8, 4) is 11.3 Å². The molecule has 0 spiro atoms. The lowest BCUT2D eigenvalue weighted by molar-refractivity contribution is -0.137.